The van der Waals surface area contributed by atoms with Gasteiger partial charge in [-0.25, -0.2) is 0 Å². The van der Waals surface area contributed by atoms with Crippen LogP contribution in [0.15, 0.2) is 48.5 Å². The number of hydrogen-bond acceptors (Lipinski definition) is 3. The monoisotopic (exact) mass is 382 g/mol. The first kappa shape index (κ1) is 21.5. The Labute approximate surface area is 167 Å². The second-order valence-electron chi connectivity index (χ2n) is 7.24. The number of amides is 2. The summed E-state index contributed by atoms with van der Waals surface area (Å²) >= 11 is 0. The summed E-state index contributed by atoms with van der Waals surface area (Å²) < 4.78 is 5.86. The molecule has 0 heterocycles. The van der Waals surface area contributed by atoms with Gasteiger partial charge in [-0.3, -0.25) is 9.59 Å². The van der Waals surface area contributed by atoms with Crippen LogP contribution < -0.4 is 15.4 Å². The molecule has 0 bridgehead atoms. The Morgan fingerprint density at radius 2 is 1.64 bits per heavy atom. The van der Waals surface area contributed by atoms with E-state index >= 15 is 0 Å². The van der Waals surface area contributed by atoms with E-state index in [-0.39, 0.29) is 11.8 Å². The molecule has 0 aliphatic rings. The minimum Gasteiger partial charge on any atom is -0.481 e. The van der Waals surface area contributed by atoms with Gasteiger partial charge in [-0.1, -0.05) is 56.3 Å². The Kier molecular flexibility index (Phi) is 8.05. The van der Waals surface area contributed by atoms with Crippen LogP contribution in [0.1, 0.15) is 43.4 Å². The first-order chi connectivity index (χ1) is 13.4. The van der Waals surface area contributed by atoms with E-state index in [1.165, 1.54) is 5.56 Å². The maximum absolute atomic E-state index is 12.3. The van der Waals surface area contributed by atoms with Crippen molar-refractivity contribution in [2.24, 2.45) is 0 Å². The number of hydrogen-bond donors (Lipinski definition) is 2. The zero-order valence-electron chi connectivity index (χ0n) is 17.1. The molecule has 5 nitrogen and oxygen atoms in total. The Bertz CT molecular complexity index is 788. The predicted molar refractivity (Wildman–Crippen MR) is 112 cm³/mol. The lowest BCUT2D eigenvalue weighted by Gasteiger charge is -2.18. The Morgan fingerprint density at radius 3 is 2.32 bits per heavy atom. The molecule has 0 spiro atoms. The Hall–Kier alpha value is -2.82. The van der Waals surface area contributed by atoms with Crippen LogP contribution in [-0.2, 0) is 16.0 Å². The molecular weight excluding hydrogens is 352 g/mol. The standard InChI is InChI=1S/C23H30N2O3/c1-16(2)20-11-10-17(3)21(15-20)28-18(4)23(27)25-13-12-24-22(26)14-19-8-6-5-7-9-19/h5-11,15-16,18H,12-14H2,1-4H3,(H,24,26)(H,25,27). The highest BCUT2D eigenvalue weighted by molar-refractivity contribution is 5.81. The highest BCUT2D eigenvalue weighted by Gasteiger charge is 2.16. The molecule has 0 aromatic heterocycles. The van der Waals surface area contributed by atoms with E-state index in [0.717, 1.165) is 16.9 Å². The van der Waals surface area contributed by atoms with Crippen LogP contribution in [-0.4, -0.2) is 31.0 Å². The van der Waals surface area contributed by atoms with Gasteiger partial charge >= 0.3 is 0 Å². The van der Waals surface area contributed by atoms with Gasteiger partial charge in [-0.2, -0.15) is 0 Å². The van der Waals surface area contributed by atoms with Crippen molar-refractivity contribution >= 4 is 11.8 Å². The van der Waals surface area contributed by atoms with Gasteiger partial charge in [0.1, 0.15) is 5.75 Å². The van der Waals surface area contributed by atoms with E-state index in [9.17, 15) is 9.59 Å². The SMILES string of the molecule is Cc1ccc(C(C)C)cc1OC(C)C(=O)NCCNC(=O)Cc1ccccc1. The number of carbonyl (C=O) groups is 2. The van der Waals surface area contributed by atoms with Crippen molar-refractivity contribution < 1.29 is 14.3 Å². The average Bonchev–Trinajstić information content (AvgIpc) is 2.67. The molecule has 0 saturated heterocycles. The number of nitrogens with one attached hydrogen (secondary N) is 2. The second-order valence-corrected chi connectivity index (χ2v) is 7.24. The molecule has 2 N–H and O–H groups in total. The molecule has 5 heteroatoms. The lowest BCUT2D eigenvalue weighted by Crippen LogP contribution is -2.41. The summed E-state index contributed by atoms with van der Waals surface area (Å²) in [4.78, 5) is 24.2. The molecule has 1 unspecified atom stereocenters. The molecule has 2 aromatic carbocycles. The van der Waals surface area contributed by atoms with E-state index in [1.807, 2.05) is 49.4 Å². The summed E-state index contributed by atoms with van der Waals surface area (Å²) in [6.45, 7) is 8.68. The fourth-order valence-corrected chi connectivity index (χ4v) is 2.72. The van der Waals surface area contributed by atoms with Gasteiger partial charge < -0.3 is 15.4 Å². The van der Waals surface area contributed by atoms with Crippen LogP contribution >= 0.6 is 0 Å². The van der Waals surface area contributed by atoms with Crippen LogP contribution in [0.3, 0.4) is 0 Å². The lowest BCUT2D eigenvalue weighted by molar-refractivity contribution is -0.127. The number of aryl methyl sites for hydroxylation is 1. The molecule has 0 saturated carbocycles. The van der Waals surface area contributed by atoms with Crippen molar-refractivity contribution in [2.45, 2.75) is 46.1 Å². The first-order valence-corrected chi connectivity index (χ1v) is 9.72. The summed E-state index contributed by atoms with van der Waals surface area (Å²) in [5.41, 5.74) is 3.14. The normalized spacial score (nSPS) is 11.8. The second kappa shape index (κ2) is 10.5. The quantitative estimate of drug-likeness (QED) is 0.654. The lowest BCUT2D eigenvalue weighted by atomic mass is 10.0. The molecule has 1 atom stereocenters. The highest BCUT2D eigenvalue weighted by atomic mass is 16.5. The predicted octanol–water partition coefficient (Wildman–Crippen LogP) is 3.36. The van der Waals surface area contributed by atoms with Crippen LogP contribution in [0, 0.1) is 6.92 Å². The molecule has 28 heavy (non-hydrogen) atoms. The molecule has 150 valence electrons. The minimum absolute atomic E-state index is 0.0640. The topological polar surface area (TPSA) is 67.4 Å². The van der Waals surface area contributed by atoms with Crippen LogP contribution in [0.5, 0.6) is 5.75 Å². The zero-order chi connectivity index (χ0) is 20.5. The molecule has 0 aliphatic heterocycles. The molecule has 0 radical (unpaired) electrons. The van der Waals surface area contributed by atoms with Gasteiger partial charge in [0.2, 0.25) is 5.91 Å². The summed E-state index contributed by atoms with van der Waals surface area (Å²) in [5, 5.41) is 5.61. The zero-order valence-corrected chi connectivity index (χ0v) is 17.1. The van der Waals surface area contributed by atoms with E-state index in [1.54, 1.807) is 6.92 Å². The van der Waals surface area contributed by atoms with Crippen LogP contribution in [0.4, 0.5) is 0 Å². The highest BCUT2D eigenvalue weighted by Crippen LogP contribution is 2.25. The van der Waals surface area contributed by atoms with Gasteiger partial charge in [-0.15, -0.1) is 0 Å². The van der Waals surface area contributed by atoms with E-state index in [0.29, 0.717) is 25.4 Å². The van der Waals surface area contributed by atoms with Gasteiger partial charge in [0, 0.05) is 13.1 Å². The smallest absolute Gasteiger partial charge is 0.260 e. The maximum atomic E-state index is 12.3. The van der Waals surface area contributed by atoms with E-state index in [4.69, 9.17) is 4.74 Å². The van der Waals surface area contributed by atoms with Crippen molar-refractivity contribution in [3.8, 4) is 5.75 Å². The third-order valence-electron chi connectivity index (χ3n) is 4.51. The van der Waals surface area contributed by atoms with Crippen molar-refractivity contribution in [1.82, 2.24) is 10.6 Å². The molecule has 2 aromatic rings. The summed E-state index contributed by atoms with van der Waals surface area (Å²) in [6.07, 6.45) is -0.277. The van der Waals surface area contributed by atoms with Gasteiger partial charge in [-0.05, 0) is 42.5 Å². The van der Waals surface area contributed by atoms with Gasteiger partial charge in [0.25, 0.3) is 5.91 Å². The molecular formula is C23H30N2O3. The number of ether oxygens (including phenoxy) is 1. The Balaban J connectivity index is 1.74. The number of rotatable bonds is 9. The van der Waals surface area contributed by atoms with Gasteiger partial charge in [0.15, 0.2) is 6.10 Å². The molecule has 2 amide bonds. The van der Waals surface area contributed by atoms with Crippen molar-refractivity contribution in [1.29, 1.82) is 0 Å². The molecule has 0 aliphatic carbocycles. The minimum atomic E-state index is -0.610. The third kappa shape index (κ3) is 6.72. The summed E-state index contributed by atoms with van der Waals surface area (Å²) in [7, 11) is 0. The molecule has 0 fully saturated rings. The summed E-state index contributed by atoms with van der Waals surface area (Å²) in [6, 6.07) is 15.6. The van der Waals surface area contributed by atoms with Crippen LogP contribution in [0.2, 0.25) is 0 Å². The maximum Gasteiger partial charge on any atom is 0.260 e. The van der Waals surface area contributed by atoms with E-state index < -0.39 is 6.10 Å². The van der Waals surface area contributed by atoms with Gasteiger partial charge in [0.05, 0.1) is 6.42 Å². The van der Waals surface area contributed by atoms with Crippen molar-refractivity contribution in [3.05, 3.63) is 65.2 Å². The first-order valence-electron chi connectivity index (χ1n) is 9.72. The third-order valence-corrected chi connectivity index (χ3v) is 4.51. The van der Waals surface area contributed by atoms with Crippen molar-refractivity contribution in [2.75, 3.05) is 13.1 Å². The average molecular weight is 383 g/mol. The molecule has 2 rings (SSSR count). The fraction of sp³-hybridized carbons (Fsp3) is 0.391. The fourth-order valence-electron chi connectivity index (χ4n) is 2.72. The largest absolute Gasteiger partial charge is 0.481 e. The Morgan fingerprint density at radius 1 is 0.964 bits per heavy atom. The summed E-state index contributed by atoms with van der Waals surface area (Å²) in [5.74, 6) is 0.856. The van der Waals surface area contributed by atoms with Crippen molar-refractivity contribution in [3.63, 3.8) is 0 Å². The number of carbonyl (C=O) groups excluding carboxylic acids is 2. The number of benzene rings is 2. The van der Waals surface area contributed by atoms with Crippen LogP contribution in [0.25, 0.3) is 0 Å². The van der Waals surface area contributed by atoms with E-state index in [2.05, 4.69) is 30.5 Å².